The van der Waals surface area contributed by atoms with E-state index in [2.05, 4.69) is 6.92 Å². The molecular formula is C20H24N2O3. The summed E-state index contributed by atoms with van der Waals surface area (Å²) in [5, 5.41) is 0. The molecule has 2 heterocycles. The summed E-state index contributed by atoms with van der Waals surface area (Å²) in [7, 11) is 0. The van der Waals surface area contributed by atoms with Gasteiger partial charge >= 0.3 is 5.97 Å². The molecule has 2 saturated heterocycles. The number of hydrogen-bond acceptors (Lipinski definition) is 5. The van der Waals surface area contributed by atoms with Crippen LogP contribution in [0, 0.1) is 23.7 Å². The summed E-state index contributed by atoms with van der Waals surface area (Å²) >= 11 is 0. The number of esters is 1. The smallest absolute Gasteiger partial charge is 0.312 e. The van der Waals surface area contributed by atoms with E-state index in [4.69, 9.17) is 20.2 Å². The molecule has 2 bridgehead atoms. The molecule has 4 aliphatic rings. The fourth-order valence-corrected chi connectivity index (χ4v) is 5.83. The second kappa shape index (κ2) is 5.31. The molecule has 1 aromatic carbocycles. The zero-order chi connectivity index (χ0) is 17.2. The molecule has 132 valence electrons. The number of ether oxygens (including phenoxy) is 2. The largest absolute Gasteiger partial charge is 0.459 e. The molecular weight excluding hydrogens is 316 g/mol. The van der Waals surface area contributed by atoms with Gasteiger partial charge < -0.3 is 15.2 Å². The van der Waals surface area contributed by atoms with Crippen LogP contribution in [-0.2, 0) is 14.3 Å². The Bertz CT molecular complexity index is 761. The minimum Gasteiger partial charge on any atom is -0.459 e. The lowest BCUT2D eigenvalue weighted by Crippen LogP contribution is -2.54. The summed E-state index contributed by atoms with van der Waals surface area (Å²) in [5.74, 6) is 0.980. The maximum absolute atomic E-state index is 12.7. The first-order valence-corrected chi connectivity index (χ1v) is 9.35. The first-order chi connectivity index (χ1) is 12.1. The molecule has 2 aliphatic heterocycles. The molecule has 5 rings (SSSR count). The van der Waals surface area contributed by atoms with Gasteiger partial charge in [0.15, 0.2) is 0 Å². The van der Waals surface area contributed by atoms with Crippen LogP contribution in [0.25, 0.3) is 0 Å². The molecule has 1 spiro atoms. The van der Waals surface area contributed by atoms with Crippen LogP contribution in [0.1, 0.15) is 32.6 Å². The van der Waals surface area contributed by atoms with Gasteiger partial charge in [-0.15, -0.1) is 0 Å². The highest BCUT2D eigenvalue weighted by Crippen LogP contribution is 2.61. The Balaban J connectivity index is 1.56. The van der Waals surface area contributed by atoms with Crippen LogP contribution in [0.3, 0.4) is 0 Å². The third-order valence-corrected chi connectivity index (χ3v) is 6.91. The van der Waals surface area contributed by atoms with Crippen molar-refractivity contribution >= 4 is 23.1 Å². The first kappa shape index (κ1) is 15.4. The maximum atomic E-state index is 12.7. The van der Waals surface area contributed by atoms with E-state index in [0.717, 1.165) is 37.1 Å². The van der Waals surface area contributed by atoms with Crippen LogP contribution >= 0.6 is 0 Å². The summed E-state index contributed by atoms with van der Waals surface area (Å²) in [6.45, 7) is 2.74. The van der Waals surface area contributed by atoms with Crippen molar-refractivity contribution in [2.24, 2.45) is 28.7 Å². The molecule has 25 heavy (non-hydrogen) atoms. The molecule has 0 radical (unpaired) electrons. The summed E-state index contributed by atoms with van der Waals surface area (Å²) in [6.07, 6.45) is 3.88. The number of carbonyl (C=O) groups excluding carboxylic acids is 1. The van der Waals surface area contributed by atoms with Gasteiger partial charge in [-0.25, -0.2) is 0 Å². The van der Waals surface area contributed by atoms with Crippen molar-refractivity contribution in [3.05, 3.63) is 24.3 Å². The van der Waals surface area contributed by atoms with Crippen molar-refractivity contribution in [2.75, 3.05) is 12.3 Å². The number of rotatable bonds is 1. The van der Waals surface area contributed by atoms with Gasteiger partial charge in [0.05, 0.1) is 23.9 Å². The number of para-hydroxylation sites is 2. The van der Waals surface area contributed by atoms with E-state index >= 15 is 0 Å². The SMILES string of the molecule is C[C@H]1CC2CC[C@H]3OC(=O)C4[C@@H]1C/C(=N\c1ccccc1N)CO[C@@]243. The maximum Gasteiger partial charge on any atom is 0.312 e. The fraction of sp³-hybridized carbons (Fsp3) is 0.600. The fourth-order valence-electron chi connectivity index (χ4n) is 5.83. The van der Waals surface area contributed by atoms with Crippen LogP contribution < -0.4 is 5.73 Å². The van der Waals surface area contributed by atoms with Gasteiger partial charge in [0.1, 0.15) is 11.7 Å². The van der Waals surface area contributed by atoms with E-state index in [1.807, 2.05) is 24.3 Å². The minimum atomic E-state index is -0.409. The number of hydrogen-bond donors (Lipinski definition) is 1. The summed E-state index contributed by atoms with van der Waals surface area (Å²) < 4.78 is 12.3. The monoisotopic (exact) mass is 340 g/mol. The Hall–Kier alpha value is -1.88. The van der Waals surface area contributed by atoms with E-state index in [9.17, 15) is 4.79 Å². The summed E-state index contributed by atoms with van der Waals surface area (Å²) in [6, 6.07) is 7.65. The van der Waals surface area contributed by atoms with Crippen molar-refractivity contribution in [2.45, 2.75) is 44.3 Å². The highest BCUT2D eigenvalue weighted by atomic mass is 16.6. The third kappa shape index (κ3) is 2.05. The molecule has 2 unspecified atom stereocenters. The number of benzene rings is 1. The Kier molecular flexibility index (Phi) is 3.26. The van der Waals surface area contributed by atoms with E-state index in [0.29, 0.717) is 24.1 Å². The Labute approximate surface area is 147 Å². The van der Waals surface area contributed by atoms with Gasteiger partial charge in [0, 0.05) is 5.71 Å². The van der Waals surface area contributed by atoms with Crippen molar-refractivity contribution in [3.8, 4) is 0 Å². The zero-order valence-electron chi connectivity index (χ0n) is 14.5. The first-order valence-electron chi connectivity index (χ1n) is 9.35. The molecule has 1 aromatic rings. The Morgan fingerprint density at radius 1 is 1.28 bits per heavy atom. The average Bonchev–Trinajstić information content (AvgIpc) is 3.01. The van der Waals surface area contributed by atoms with Gasteiger partial charge in [-0.05, 0) is 55.6 Å². The molecule has 0 amide bonds. The number of anilines is 1. The molecule has 6 atom stereocenters. The highest BCUT2D eigenvalue weighted by Gasteiger charge is 2.70. The third-order valence-electron chi connectivity index (χ3n) is 6.91. The molecule has 2 N–H and O–H groups in total. The van der Waals surface area contributed by atoms with Crippen molar-refractivity contribution in [1.82, 2.24) is 0 Å². The van der Waals surface area contributed by atoms with Crippen molar-refractivity contribution < 1.29 is 14.3 Å². The number of nitrogens with two attached hydrogens (primary N) is 1. The molecule has 4 fully saturated rings. The molecule has 2 aliphatic carbocycles. The number of carbonyl (C=O) groups is 1. The van der Waals surface area contributed by atoms with E-state index < -0.39 is 5.60 Å². The molecule has 2 saturated carbocycles. The zero-order valence-corrected chi connectivity index (χ0v) is 14.5. The Morgan fingerprint density at radius 3 is 2.96 bits per heavy atom. The number of aliphatic imine (C=N–C) groups is 1. The lowest BCUT2D eigenvalue weighted by molar-refractivity contribution is -0.150. The highest BCUT2D eigenvalue weighted by molar-refractivity contribution is 5.91. The normalized spacial score (nSPS) is 43.6. The number of nitrogens with zero attached hydrogens (tertiary/aromatic N) is 1. The molecule has 5 heteroatoms. The standard InChI is InChI=1S/C20H24N2O3/c1-11-8-12-6-7-17-20(12)18(19(23)25-17)14(11)9-13(10-24-20)22-16-5-3-2-4-15(16)21/h2-5,11-12,14,17-18H,6-10,21H2,1H3/b22-13+/t11-,12?,14+,17+,18?,20+/m0/s1. The van der Waals surface area contributed by atoms with Gasteiger partial charge in [-0.3, -0.25) is 9.79 Å². The van der Waals surface area contributed by atoms with Crippen LogP contribution in [0.2, 0.25) is 0 Å². The van der Waals surface area contributed by atoms with E-state index in [1.165, 1.54) is 0 Å². The second-order valence-corrected chi connectivity index (χ2v) is 8.14. The van der Waals surface area contributed by atoms with Gasteiger partial charge in [-0.1, -0.05) is 19.1 Å². The van der Waals surface area contributed by atoms with Crippen molar-refractivity contribution in [3.63, 3.8) is 0 Å². The van der Waals surface area contributed by atoms with Crippen LogP contribution in [0.4, 0.5) is 11.4 Å². The van der Waals surface area contributed by atoms with Crippen LogP contribution in [0.15, 0.2) is 29.3 Å². The second-order valence-electron chi connectivity index (χ2n) is 8.14. The molecule has 5 nitrogen and oxygen atoms in total. The van der Waals surface area contributed by atoms with Crippen LogP contribution in [-0.4, -0.2) is 30.0 Å². The van der Waals surface area contributed by atoms with Gasteiger partial charge in [0.2, 0.25) is 0 Å². The quantitative estimate of drug-likeness (QED) is 0.630. The van der Waals surface area contributed by atoms with Gasteiger partial charge in [-0.2, -0.15) is 0 Å². The lowest BCUT2D eigenvalue weighted by atomic mass is 9.60. The van der Waals surface area contributed by atoms with E-state index in [-0.39, 0.29) is 23.9 Å². The predicted octanol–water partition coefficient (Wildman–Crippen LogP) is 3.11. The topological polar surface area (TPSA) is 73.9 Å². The number of nitrogen functional groups attached to an aromatic ring is 1. The van der Waals surface area contributed by atoms with E-state index in [1.54, 1.807) is 0 Å². The van der Waals surface area contributed by atoms with Gasteiger partial charge in [0.25, 0.3) is 0 Å². The minimum absolute atomic E-state index is 0.0493. The lowest BCUT2D eigenvalue weighted by Gasteiger charge is -2.45. The van der Waals surface area contributed by atoms with Crippen LogP contribution in [0.5, 0.6) is 0 Å². The summed E-state index contributed by atoms with van der Waals surface area (Å²) in [5.41, 5.74) is 8.11. The van der Waals surface area contributed by atoms with Crippen molar-refractivity contribution in [1.29, 1.82) is 0 Å². The molecule has 0 aromatic heterocycles. The summed E-state index contributed by atoms with van der Waals surface area (Å²) in [4.78, 5) is 17.5. The Morgan fingerprint density at radius 2 is 2.12 bits per heavy atom. The predicted molar refractivity (Wildman–Crippen MR) is 94.6 cm³/mol. The average molecular weight is 340 g/mol.